The van der Waals surface area contributed by atoms with Crippen molar-refractivity contribution in [2.45, 2.75) is 31.5 Å². The fourth-order valence-electron chi connectivity index (χ4n) is 1.33. The molecule has 0 aliphatic carbocycles. The molecule has 60 valence electrons. The molecule has 2 unspecified atom stereocenters. The van der Waals surface area contributed by atoms with Gasteiger partial charge in [-0.25, -0.2) is 4.39 Å². The van der Waals surface area contributed by atoms with Crippen molar-refractivity contribution >= 4 is 0 Å². The Labute approximate surface area is 61.0 Å². The summed E-state index contributed by atoms with van der Waals surface area (Å²) in [6.07, 6.45) is 2.00. The summed E-state index contributed by atoms with van der Waals surface area (Å²) in [4.78, 5) is 0. The van der Waals surface area contributed by atoms with Gasteiger partial charge < -0.3 is 11.1 Å². The lowest BCUT2D eigenvalue weighted by Gasteiger charge is -2.25. The minimum absolute atomic E-state index is 0.469. The Kier molecular flexibility index (Phi) is 3.09. The second-order valence-electron chi connectivity index (χ2n) is 2.86. The molecule has 0 aromatic heterocycles. The van der Waals surface area contributed by atoms with E-state index in [2.05, 4.69) is 5.32 Å². The van der Waals surface area contributed by atoms with Gasteiger partial charge in [0.25, 0.3) is 0 Å². The highest BCUT2D eigenvalue weighted by Crippen LogP contribution is 2.12. The summed E-state index contributed by atoms with van der Waals surface area (Å²) in [6, 6.07) is 0.469. The molecule has 1 rings (SSSR count). The molecule has 0 aromatic carbocycles. The molecule has 1 aliphatic heterocycles. The van der Waals surface area contributed by atoms with Crippen molar-refractivity contribution in [3.8, 4) is 0 Å². The first-order valence-corrected chi connectivity index (χ1v) is 3.90. The summed E-state index contributed by atoms with van der Waals surface area (Å²) < 4.78 is 12.5. The van der Waals surface area contributed by atoms with Crippen LogP contribution in [0.15, 0.2) is 0 Å². The summed E-state index contributed by atoms with van der Waals surface area (Å²) in [5, 5.41) is 3.11. The van der Waals surface area contributed by atoms with Crippen LogP contribution in [0.25, 0.3) is 0 Å². The van der Waals surface area contributed by atoms with E-state index in [0.29, 0.717) is 25.6 Å². The predicted molar refractivity (Wildman–Crippen MR) is 39.6 cm³/mol. The normalized spacial score (nSPS) is 34.2. The molecule has 2 atom stereocenters. The molecule has 1 aliphatic rings. The molecule has 0 bridgehead atoms. The summed E-state index contributed by atoms with van der Waals surface area (Å²) in [6.45, 7) is 1.22. The number of alkyl halides is 1. The van der Waals surface area contributed by atoms with Gasteiger partial charge >= 0.3 is 0 Å². The van der Waals surface area contributed by atoms with Crippen LogP contribution in [0.1, 0.15) is 19.3 Å². The molecule has 0 amide bonds. The smallest absolute Gasteiger partial charge is 0.113 e. The van der Waals surface area contributed by atoms with Gasteiger partial charge in [-0.1, -0.05) is 0 Å². The van der Waals surface area contributed by atoms with Crippen molar-refractivity contribution < 1.29 is 4.39 Å². The summed E-state index contributed by atoms with van der Waals surface area (Å²) in [5.41, 5.74) is 5.36. The first-order valence-electron chi connectivity index (χ1n) is 3.90. The Hall–Kier alpha value is -0.150. The van der Waals surface area contributed by atoms with E-state index in [1.165, 1.54) is 0 Å². The number of nitrogens with one attached hydrogen (secondary N) is 1. The molecule has 0 saturated carbocycles. The third kappa shape index (κ3) is 2.23. The highest BCUT2D eigenvalue weighted by atomic mass is 19.1. The highest BCUT2D eigenvalue weighted by molar-refractivity contribution is 4.77. The fourth-order valence-corrected chi connectivity index (χ4v) is 1.33. The Bertz CT molecular complexity index is 89.6. The van der Waals surface area contributed by atoms with E-state index < -0.39 is 6.17 Å². The van der Waals surface area contributed by atoms with Gasteiger partial charge in [0.2, 0.25) is 0 Å². The molecule has 10 heavy (non-hydrogen) atoms. The third-order valence-electron chi connectivity index (χ3n) is 1.97. The zero-order chi connectivity index (χ0) is 7.40. The highest BCUT2D eigenvalue weighted by Gasteiger charge is 2.18. The van der Waals surface area contributed by atoms with Crippen LogP contribution in [0, 0.1) is 0 Å². The lowest BCUT2D eigenvalue weighted by Crippen LogP contribution is -2.40. The van der Waals surface area contributed by atoms with Gasteiger partial charge in [0, 0.05) is 12.6 Å². The summed E-state index contributed by atoms with van der Waals surface area (Å²) in [7, 11) is 0. The van der Waals surface area contributed by atoms with Crippen molar-refractivity contribution in [1.82, 2.24) is 5.32 Å². The number of piperidine rings is 1. The second-order valence-corrected chi connectivity index (χ2v) is 2.86. The van der Waals surface area contributed by atoms with Gasteiger partial charge in [0.15, 0.2) is 0 Å². The van der Waals surface area contributed by atoms with Crippen LogP contribution in [0.5, 0.6) is 0 Å². The van der Waals surface area contributed by atoms with Crippen LogP contribution in [-0.2, 0) is 0 Å². The van der Waals surface area contributed by atoms with E-state index in [-0.39, 0.29) is 0 Å². The van der Waals surface area contributed by atoms with Gasteiger partial charge in [-0.15, -0.1) is 0 Å². The van der Waals surface area contributed by atoms with Gasteiger partial charge in [-0.05, 0) is 25.8 Å². The van der Waals surface area contributed by atoms with Crippen molar-refractivity contribution in [2.24, 2.45) is 5.73 Å². The van der Waals surface area contributed by atoms with Gasteiger partial charge in [0.1, 0.15) is 6.17 Å². The molecule has 0 aromatic rings. The van der Waals surface area contributed by atoms with Crippen molar-refractivity contribution in [3.05, 3.63) is 0 Å². The Morgan fingerprint density at radius 3 is 2.80 bits per heavy atom. The van der Waals surface area contributed by atoms with E-state index in [9.17, 15) is 4.39 Å². The zero-order valence-corrected chi connectivity index (χ0v) is 6.15. The van der Waals surface area contributed by atoms with Crippen molar-refractivity contribution in [1.29, 1.82) is 0 Å². The maximum atomic E-state index is 12.5. The molecular weight excluding hydrogens is 131 g/mol. The minimum atomic E-state index is -0.631. The fraction of sp³-hybridized carbons (Fsp3) is 1.00. The Morgan fingerprint density at radius 1 is 1.50 bits per heavy atom. The predicted octanol–water partition coefficient (Wildman–Crippen LogP) is 0.425. The SMILES string of the molecule is NCCC1CCC(F)CN1. The minimum Gasteiger partial charge on any atom is -0.330 e. The van der Waals surface area contributed by atoms with Crippen LogP contribution >= 0.6 is 0 Å². The standard InChI is InChI=1S/C7H15FN2/c8-6-1-2-7(3-4-9)10-5-6/h6-7,10H,1-5,9H2. The number of halogens is 1. The van der Waals surface area contributed by atoms with Crippen LogP contribution in [0.4, 0.5) is 4.39 Å². The zero-order valence-electron chi connectivity index (χ0n) is 6.15. The number of rotatable bonds is 2. The average molecular weight is 146 g/mol. The number of hydrogen-bond donors (Lipinski definition) is 2. The van der Waals surface area contributed by atoms with E-state index in [1.807, 2.05) is 0 Å². The Morgan fingerprint density at radius 2 is 2.30 bits per heavy atom. The quantitative estimate of drug-likeness (QED) is 0.592. The number of nitrogens with two attached hydrogens (primary N) is 1. The first kappa shape index (κ1) is 7.95. The molecule has 1 saturated heterocycles. The van der Waals surface area contributed by atoms with Crippen LogP contribution in [0.3, 0.4) is 0 Å². The van der Waals surface area contributed by atoms with Gasteiger partial charge in [-0.2, -0.15) is 0 Å². The van der Waals surface area contributed by atoms with Crippen LogP contribution in [0.2, 0.25) is 0 Å². The van der Waals surface area contributed by atoms with Crippen molar-refractivity contribution in [2.75, 3.05) is 13.1 Å². The second kappa shape index (κ2) is 3.88. The molecule has 3 N–H and O–H groups in total. The third-order valence-corrected chi connectivity index (χ3v) is 1.97. The van der Waals surface area contributed by atoms with Crippen LogP contribution in [-0.4, -0.2) is 25.3 Å². The van der Waals surface area contributed by atoms with Crippen molar-refractivity contribution in [3.63, 3.8) is 0 Å². The lowest BCUT2D eigenvalue weighted by atomic mass is 10.0. The molecule has 0 spiro atoms. The van der Waals surface area contributed by atoms with E-state index in [0.717, 1.165) is 12.8 Å². The van der Waals surface area contributed by atoms with E-state index >= 15 is 0 Å². The molecule has 1 fully saturated rings. The largest absolute Gasteiger partial charge is 0.330 e. The van der Waals surface area contributed by atoms with Gasteiger partial charge in [-0.3, -0.25) is 0 Å². The lowest BCUT2D eigenvalue weighted by molar-refractivity contribution is 0.229. The Balaban J connectivity index is 2.13. The topological polar surface area (TPSA) is 38.0 Å². The van der Waals surface area contributed by atoms with Crippen LogP contribution < -0.4 is 11.1 Å². The summed E-state index contributed by atoms with van der Waals surface area (Å²) in [5.74, 6) is 0. The summed E-state index contributed by atoms with van der Waals surface area (Å²) >= 11 is 0. The van der Waals surface area contributed by atoms with E-state index in [4.69, 9.17) is 5.73 Å². The molecule has 0 radical (unpaired) electrons. The molecule has 2 nitrogen and oxygen atoms in total. The maximum absolute atomic E-state index is 12.5. The average Bonchev–Trinajstić information content (AvgIpc) is 1.95. The van der Waals surface area contributed by atoms with E-state index in [1.54, 1.807) is 0 Å². The molecule has 1 heterocycles. The number of hydrogen-bond acceptors (Lipinski definition) is 2. The van der Waals surface area contributed by atoms with Gasteiger partial charge in [0.05, 0.1) is 0 Å². The molecule has 3 heteroatoms. The molecular formula is C7H15FN2. The first-order chi connectivity index (χ1) is 4.83. The maximum Gasteiger partial charge on any atom is 0.113 e. The monoisotopic (exact) mass is 146 g/mol.